The number of fused-ring (bicyclic) bond motifs is 1. The standard InChI is InChI=1S/C14H16N2O/c1-2-4-11(3-1)5-8-15-14-12-7-10-17-13(12)6-9-16-14/h3,6-7,9-10H,1-2,4-5,8H2,(H,15,16). The zero-order valence-corrected chi connectivity index (χ0v) is 9.78. The molecule has 1 N–H and O–H groups in total. The Morgan fingerprint density at radius 1 is 1.35 bits per heavy atom. The van der Waals surface area contributed by atoms with Gasteiger partial charge in [-0.2, -0.15) is 0 Å². The van der Waals surface area contributed by atoms with Gasteiger partial charge >= 0.3 is 0 Å². The van der Waals surface area contributed by atoms with Crippen molar-refractivity contribution in [2.75, 3.05) is 11.9 Å². The SMILES string of the molecule is C1=C(CCNc2nccc3occc23)CCC1. The van der Waals surface area contributed by atoms with E-state index in [4.69, 9.17) is 4.42 Å². The van der Waals surface area contributed by atoms with E-state index in [1.165, 1.54) is 19.3 Å². The molecule has 1 aliphatic rings. The van der Waals surface area contributed by atoms with Gasteiger partial charge in [-0.05, 0) is 37.8 Å². The van der Waals surface area contributed by atoms with Crippen molar-refractivity contribution in [1.29, 1.82) is 0 Å². The average Bonchev–Trinajstić information content (AvgIpc) is 2.99. The molecule has 0 spiro atoms. The first kappa shape index (κ1) is 10.4. The predicted molar refractivity (Wildman–Crippen MR) is 69.0 cm³/mol. The highest BCUT2D eigenvalue weighted by molar-refractivity contribution is 5.87. The van der Waals surface area contributed by atoms with Crippen LogP contribution in [0.25, 0.3) is 11.0 Å². The van der Waals surface area contributed by atoms with E-state index in [-0.39, 0.29) is 0 Å². The topological polar surface area (TPSA) is 38.1 Å². The Balaban J connectivity index is 1.66. The van der Waals surface area contributed by atoms with Gasteiger partial charge in [0, 0.05) is 12.7 Å². The van der Waals surface area contributed by atoms with Crippen LogP contribution in [0.3, 0.4) is 0 Å². The summed E-state index contributed by atoms with van der Waals surface area (Å²) in [5.74, 6) is 0.926. The van der Waals surface area contributed by atoms with Gasteiger partial charge in [-0.15, -0.1) is 0 Å². The van der Waals surface area contributed by atoms with E-state index in [0.717, 1.165) is 29.8 Å². The largest absolute Gasteiger partial charge is 0.464 e. The van der Waals surface area contributed by atoms with Crippen molar-refractivity contribution in [1.82, 2.24) is 4.98 Å². The van der Waals surface area contributed by atoms with Gasteiger partial charge < -0.3 is 9.73 Å². The van der Waals surface area contributed by atoms with Crippen molar-refractivity contribution in [3.63, 3.8) is 0 Å². The van der Waals surface area contributed by atoms with Crippen LogP contribution in [0.1, 0.15) is 25.7 Å². The van der Waals surface area contributed by atoms with Gasteiger partial charge in [0.15, 0.2) is 0 Å². The fourth-order valence-electron chi connectivity index (χ4n) is 2.34. The van der Waals surface area contributed by atoms with Crippen LogP contribution in [-0.2, 0) is 0 Å². The van der Waals surface area contributed by atoms with E-state index in [9.17, 15) is 0 Å². The van der Waals surface area contributed by atoms with Gasteiger partial charge in [0.2, 0.25) is 0 Å². The maximum atomic E-state index is 5.35. The number of allylic oxidation sites excluding steroid dienone is 1. The van der Waals surface area contributed by atoms with Gasteiger partial charge in [0.05, 0.1) is 11.6 Å². The summed E-state index contributed by atoms with van der Waals surface area (Å²) >= 11 is 0. The first-order chi connectivity index (χ1) is 8.43. The van der Waals surface area contributed by atoms with Crippen molar-refractivity contribution in [2.45, 2.75) is 25.7 Å². The molecule has 3 heteroatoms. The van der Waals surface area contributed by atoms with Crippen molar-refractivity contribution in [3.8, 4) is 0 Å². The maximum absolute atomic E-state index is 5.35. The molecular weight excluding hydrogens is 212 g/mol. The van der Waals surface area contributed by atoms with E-state index in [1.54, 1.807) is 18.0 Å². The minimum absolute atomic E-state index is 0.891. The number of aromatic nitrogens is 1. The number of furan rings is 1. The Labute approximate surface area is 101 Å². The first-order valence-electron chi connectivity index (χ1n) is 6.17. The third-order valence-corrected chi connectivity index (χ3v) is 3.25. The lowest BCUT2D eigenvalue weighted by molar-refractivity contribution is 0.615. The molecule has 17 heavy (non-hydrogen) atoms. The molecule has 0 aromatic carbocycles. The van der Waals surface area contributed by atoms with Crippen molar-refractivity contribution >= 4 is 16.8 Å². The highest BCUT2D eigenvalue weighted by atomic mass is 16.3. The molecule has 3 rings (SSSR count). The Bertz CT molecular complexity index is 542. The Morgan fingerprint density at radius 2 is 2.35 bits per heavy atom. The lowest BCUT2D eigenvalue weighted by Gasteiger charge is -2.06. The average molecular weight is 228 g/mol. The predicted octanol–water partition coefficient (Wildman–Crippen LogP) is 3.74. The number of rotatable bonds is 4. The van der Waals surface area contributed by atoms with Crippen LogP contribution in [0, 0.1) is 0 Å². The molecule has 0 bridgehead atoms. The monoisotopic (exact) mass is 228 g/mol. The van der Waals surface area contributed by atoms with Crippen LogP contribution in [-0.4, -0.2) is 11.5 Å². The molecule has 0 unspecified atom stereocenters. The molecule has 2 aromatic heterocycles. The van der Waals surface area contributed by atoms with Crippen molar-refractivity contribution in [3.05, 3.63) is 36.2 Å². The van der Waals surface area contributed by atoms with E-state index in [2.05, 4.69) is 16.4 Å². The van der Waals surface area contributed by atoms with Gasteiger partial charge in [0.25, 0.3) is 0 Å². The third kappa shape index (κ3) is 2.18. The number of pyridine rings is 1. The smallest absolute Gasteiger partial charge is 0.139 e. The number of nitrogens with zero attached hydrogens (tertiary/aromatic N) is 1. The van der Waals surface area contributed by atoms with Crippen LogP contribution in [0.5, 0.6) is 0 Å². The molecule has 3 nitrogen and oxygen atoms in total. The van der Waals surface area contributed by atoms with Crippen molar-refractivity contribution in [2.24, 2.45) is 0 Å². The molecule has 0 aliphatic heterocycles. The Morgan fingerprint density at radius 3 is 3.24 bits per heavy atom. The Hall–Kier alpha value is -1.77. The first-order valence-corrected chi connectivity index (χ1v) is 6.17. The zero-order valence-electron chi connectivity index (χ0n) is 9.78. The molecule has 0 fully saturated rings. The molecule has 0 radical (unpaired) electrons. The fraction of sp³-hybridized carbons (Fsp3) is 0.357. The van der Waals surface area contributed by atoms with Crippen LogP contribution in [0.2, 0.25) is 0 Å². The van der Waals surface area contributed by atoms with Crippen LogP contribution in [0.15, 0.2) is 40.7 Å². The third-order valence-electron chi connectivity index (χ3n) is 3.25. The molecule has 0 saturated carbocycles. The Kier molecular flexibility index (Phi) is 2.82. The number of hydrogen-bond acceptors (Lipinski definition) is 3. The summed E-state index contributed by atoms with van der Waals surface area (Å²) in [5.41, 5.74) is 2.47. The second kappa shape index (κ2) is 4.62. The highest BCUT2D eigenvalue weighted by Gasteiger charge is 2.06. The maximum Gasteiger partial charge on any atom is 0.139 e. The molecule has 0 atom stereocenters. The summed E-state index contributed by atoms with van der Waals surface area (Å²) in [7, 11) is 0. The zero-order chi connectivity index (χ0) is 11.5. The summed E-state index contributed by atoms with van der Waals surface area (Å²) < 4.78 is 5.35. The van der Waals surface area contributed by atoms with Gasteiger partial charge in [-0.3, -0.25) is 0 Å². The normalized spacial score (nSPS) is 15.2. The molecule has 2 heterocycles. The summed E-state index contributed by atoms with van der Waals surface area (Å²) in [5, 5.41) is 4.45. The van der Waals surface area contributed by atoms with E-state index < -0.39 is 0 Å². The number of anilines is 1. The quantitative estimate of drug-likeness (QED) is 0.810. The minimum Gasteiger partial charge on any atom is -0.464 e. The second-order valence-electron chi connectivity index (χ2n) is 4.42. The van der Waals surface area contributed by atoms with E-state index in [1.807, 2.05) is 12.1 Å². The molecule has 0 amide bonds. The lowest BCUT2D eigenvalue weighted by atomic mass is 10.2. The number of nitrogens with one attached hydrogen (secondary N) is 1. The fourth-order valence-corrected chi connectivity index (χ4v) is 2.34. The van der Waals surface area contributed by atoms with Gasteiger partial charge in [0.1, 0.15) is 11.4 Å². The molecular formula is C14H16N2O. The molecule has 88 valence electrons. The summed E-state index contributed by atoms with van der Waals surface area (Å²) in [6.45, 7) is 0.948. The summed E-state index contributed by atoms with van der Waals surface area (Å²) in [6.07, 6.45) is 10.8. The highest BCUT2D eigenvalue weighted by Crippen LogP contribution is 2.23. The molecule has 0 saturated heterocycles. The van der Waals surface area contributed by atoms with Gasteiger partial charge in [-0.25, -0.2) is 4.98 Å². The van der Waals surface area contributed by atoms with Crippen LogP contribution >= 0.6 is 0 Å². The van der Waals surface area contributed by atoms with Crippen molar-refractivity contribution < 1.29 is 4.42 Å². The van der Waals surface area contributed by atoms with E-state index >= 15 is 0 Å². The van der Waals surface area contributed by atoms with Crippen LogP contribution in [0.4, 0.5) is 5.82 Å². The summed E-state index contributed by atoms with van der Waals surface area (Å²) in [4.78, 5) is 4.35. The minimum atomic E-state index is 0.891. The summed E-state index contributed by atoms with van der Waals surface area (Å²) in [6, 6.07) is 3.85. The van der Waals surface area contributed by atoms with E-state index in [0.29, 0.717) is 0 Å². The van der Waals surface area contributed by atoms with Crippen LogP contribution < -0.4 is 5.32 Å². The second-order valence-corrected chi connectivity index (χ2v) is 4.42. The lowest BCUT2D eigenvalue weighted by Crippen LogP contribution is -2.04. The van der Waals surface area contributed by atoms with Gasteiger partial charge in [-0.1, -0.05) is 11.6 Å². The number of hydrogen-bond donors (Lipinski definition) is 1. The molecule has 2 aromatic rings. The molecule has 1 aliphatic carbocycles.